The summed E-state index contributed by atoms with van der Waals surface area (Å²) in [4.78, 5) is 19.5. The van der Waals surface area contributed by atoms with Crippen LogP contribution in [0.2, 0.25) is 0 Å². The zero-order chi connectivity index (χ0) is 23.7. The summed E-state index contributed by atoms with van der Waals surface area (Å²) in [5, 5.41) is 2.81. The lowest BCUT2D eigenvalue weighted by Crippen LogP contribution is -2.36. The summed E-state index contributed by atoms with van der Waals surface area (Å²) in [5.41, 5.74) is 2.49. The van der Waals surface area contributed by atoms with Gasteiger partial charge in [0, 0.05) is 24.7 Å². The van der Waals surface area contributed by atoms with Crippen molar-refractivity contribution in [2.75, 3.05) is 40.8 Å². The molecule has 2 aliphatic rings. The Kier molecular flexibility index (Phi) is 5.97. The predicted molar refractivity (Wildman–Crippen MR) is 131 cm³/mol. The number of aromatic nitrogens is 1. The van der Waals surface area contributed by atoms with E-state index in [9.17, 15) is 13.2 Å². The van der Waals surface area contributed by atoms with E-state index in [1.54, 1.807) is 24.4 Å². The topological polar surface area (TPSA) is 91.8 Å². The van der Waals surface area contributed by atoms with Gasteiger partial charge >= 0.3 is 0 Å². The smallest absolute Gasteiger partial charge is 0.264 e. The second-order valence-electron chi connectivity index (χ2n) is 8.47. The van der Waals surface area contributed by atoms with Gasteiger partial charge in [0.15, 0.2) is 0 Å². The van der Waals surface area contributed by atoms with Gasteiger partial charge in [0.2, 0.25) is 0 Å². The highest BCUT2D eigenvalue weighted by atomic mass is 32.2. The number of fused-ring (bicyclic) bond motifs is 1. The van der Waals surface area contributed by atoms with Crippen LogP contribution in [0.3, 0.4) is 0 Å². The van der Waals surface area contributed by atoms with Crippen LogP contribution in [0, 0.1) is 0 Å². The normalized spacial score (nSPS) is 18.0. The second kappa shape index (κ2) is 9.08. The van der Waals surface area contributed by atoms with Gasteiger partial charge < -0.3 is 15.0 Å². The Morgan fingerprint density at radius 3 is 2.62 bits per heavy atom. The third-order valence-corrected chi connectivity index (χ3v) is 8.06. The van der Waals surface area contributed by atoms with Crippen molar-refractivity contribution in [1.29, 1.82) is 0 Å². The molecule has 1 aromatic heterocycles. The van der Waals surface area contributed by atoms with Gasteiger partial charge in [-0.3, -0.25) is 9.10 Å². The SMILES string of the molecule is C[C@@H]1Cc2ccccc2N1S(=O)(=O)c1cccc(C(=O)Nc2ccc(N3CCOCC3)nc2)c1. The number of ether oxygens (including phenoxy) is 1. The number of anilines is 3. The molecule has 5 rings (SSSR count). The van der Waals surface area contributed by atoms with Crippen molar-refractivity contribution in [1.82, 2.24) is 4.98 Å². The number of nitrogens with one attached hydrogen (secondary N) is 1. The maximum atomic E-state index is 13.5. The van der Waals surface area contributed by atoms with E-state index in [0.717, 1.165) is 24.5 Å². The van der Waals surface area contributed by atoms with Gasteiger partial charge in [-0.2, -0.15) is 0 Å². The summed E-state index contributed by atoms with van der Waals surface area (Å²) in [6.45, 7) is 4.78. The summed E-state index contributed by atoms with van der Waals surface area (Å²) in [5.74, 6) is 0.433. The third kappa shape index (κ3) is 4.24. The van der Waals surface area contributed by atoms with E-state index in [1.165, 1.54) is 16.4 Å². The van der Waals surface area contributed by atoms with Crippen LogP contribution in [0.5, 0.6) is 0 Å². The number of carbonyl (C=O) groups excluding carboxylic acids is 1. The van der Waals surface area contributed by atoms with Gasteiger partial charge in [-0.25, -0.2) is 13.4 Å². The van der Waals surface area contributed by atoms with Crippen molar-refractivity contribution in [3.8, 4) is 0 Å². The minimum absolute atomic E-state index is 0.0875. The zero-order valence-electron chi connectivity index (χ0n) is 18.8. The van der Waals surface area contributed by atoms with E-state index in [-0.39, 0.29) is 16.5 Å². The van der Waals surface area contributed by atoms with E-state index in [2.05, 4.69) is 15.2 Å². The molecule has 0 bridgehead atoms. The van der Waals surface area contributed by atoms with E-state index < -0.39 is 15.9 Å². The minimum Gasteiger partial charge on any atom is -0.378 e. The molecule has 9 heteroatoms. The Bertz CT molecular complexity index is 1300. The van der Waals surface area contributed by atoms with Crippen molar-refractivity contribution in [3.63, 3.8) is 0 Å². The highest BCUT2D eigenvalue weighted by Gasteiger charge is 2.36. The fraction of sp³-hybridized carbons (Fsp3) is 0.280. The van der Waals surface area contributed by atoms with Crippen molar-refractivity contribution in [2.45, 2.75) is 24.3 Å². The van der Waals surface area contributed by atoms with Crippen molar-refractivity contribution in [2.24, 2.45) is 0 Å². The maximum absolute atomic E-state index is 13.5. The number of carbonyl (C=O) groups is 1. The average Bonchev–Trinajstić information content (AvgIpc) is 3.21. The first-order chi connectivity index (χ1) is 16.4. The van der Waals surface area contributed by atoms with Crippen LogP contribution in [0.25, 0.3) is 0 Å². The third-order valence-electron chi connectivity index (χ3n) is 6.14. The molecule has 0 spiro atoms. The summed E-state index contributed by atoms with van der Waals surface area (Å²) in [6.07, 6.45) is 2.26. The molecule has 1 atom stereocenters. The van der Waals surface area contributed by atoms with E-state index in [0.29, 0.717) is 31.0 Å². The molecule has 0 aliphatic carbocycles. The maximum Gasteiger partial charge on any atom is 0.264 e. The van der Waals surface area contributed by atoms with E-state index in [1.807, 2.05) is 37.3 Å². The Morgan fingerprint density at radius 1 is 1.06 bits per heavy atom. The summed E-state index contributed by atoms with van der Waals surface area (Å²) < 4.78 is 33.8. The Balaban J connectivity index is 1.34. The number of sulfonamides is 1. The van der Waals surface area contributed by atoms with Crippen LogP contribution < -0.4 is 14.5 Å². The molecule has 1 N–H and O–H groups in total. The monoisotopic (exact) mass is 478 g/mol. The molecule has 0 saturated carbocycles. The van der Waals surface area contributed by atoms with Crippen molar-refractivity contribution < 1.29 is 17.9 Å². The molecular formula is C25H26N4O4S. The molecule has 8 nitrogen and oxygen atoms in total. The second-order valence-corrected chi connectivity index (χ2v) is 10.3. The first-order valence-corrected chi connectivity index (χ1v) is 12.7. The molecule has 3 aromatic rings. The van der Waals surface area contributed by atoms with Crippen LogP contribution in [0.1, 0.15) is 22.8 Å². The average molecular weight is 479 g/mol. The highest BCUT2D eigenvalue weighted by Crippen LogP contribution is 2.36. The lowest BCUT2D eigenvalue weighted by molar-refractivity contribution is 0.102. The van der Waals surface area contributed by atoms with Crippen molar-refractivity contribution in [3.05, 3.63) is 78.0 Å². The summed E-state index contributed by atoms with van der Waals surface area (Å²) >= 11 is 0. The molecule has 3 heterocycles. The number of hydrogen-bond acceptors (Lipinski definition) is 6. The Morgan fingerprint density at radius 2 is 1.85 bits per heavy atom. The first kappa shape index (κ1) is 22.4. The highest BCUT2D eigenvalue weighted by molar-refractivity contribution is 7.92. The minimum atomic E-state index is -3.82. The van der Waals surface area contributed by atoms with Gasteiger partial charge in [0.1, 0.15) is 5.82 Å². The fourth-order valence-electron chi connectivity index (χ4n) is 4.46. The molecular weight excluding hydrogens is 452 g/mol. The van der Waals surface area contributed by atoms with Gasteiger partial charge in [-0.15, -0.1) is 0 Å². The number of morpholine rings is 1. The van der Waals surface area contributed by atoms with Crippen LogP contribution in [-0.2, 0) is 21.2 Å². The number of nitrogens with zero attached hydrogens (tertiary/aromatic N) is 3. The molecule has 1 saturated heterocycles. The Hall–Kier alpha value is -3.43. The number of benzene rings is 2. The number of para-hydroxylation sites is 1. The molecule has 2 aliphatic heterocycles. The van der Waals surface area contributed by atoms with E-state index in [4.69, 9.17) is 4.74 Å². The molecule has 0 unspecified atom stereocenters. The standard InChI is InChI=1S/C25H26N4O4S/c1-18-15-19-5-2-3-8-23(19)29(18)34(31,32)22-7-4-6-20(16-22)25(30)27-21-9-10-24(26-17-21)28-11-13-33-14-12-28/h2-10,16-18H,11-15H2,1H3,(H,27,30)/t18-/m1/s1. The molecule has 34 heavy (non-hydrogen) atoms. The number of pyridine rings is 1. The Labute approximate surface area is 199 Å². The number of rotatable bonds is 5. The molecule has 0 radical (unpaired) electrons. The first-order valence-electron chi connectivity index (χ1n) is 11.3. The predicted octanol–water partition coefficient (Wildman–Crippen LogP) is 3.31. The van der Waals surface area contributed by atoms with Crippen LogP contribution in [0.4, 0.5) is 17.2 Å². The largest absolute Gasteiger partial charge is 0.378 e. The lowest BCUT2D eigenvalue weighted by Gasteiger charge is -2.27. The van der Waals surface area contributed by atoms with Gasteiger partial charge in [0.05, 0.1) is 35.7 Å². The summed E-state index contributed by atoms with van der Waals surface area (Å²) in [7, 11) is -3.82. The quantitative estimate of drug-likeness (QED) is 0.605. The fourth-order valence-corrected chi connectivity index (χ4v) is 6.20. The van der Waals surface area contributed by atoms with Crippen LogP contribution >= 0.6 is 0 Å². The molecule has 2 aromatic carbocycles. The molecule has 176 valence electrons. The van der Waals surface area contributed by atoms with Gasteiger partial charge in [-0.05, 0) is 55.3 Å². The van der Waals surface area contributed by atoms with Gasteiger partial charge in [-0.1, -0.05) is 24.3 Å². The lowest BCUT2D eigenvalue weighted by atomic mass is 10.1. The number of amides is 1. The number of hydrogen-bond donors (Lipinski definition) is 1. The van der Waals surface area contributed by atoms with Crippen LogP contribution in [-0.4, -0.2) is 51.7 Å². The molecule has 1 amide bonds. The van der Waals surface area contributed by atoms with Crippen LogP contribution in [0.15, 0.2) is 71.8 Å². The zero-order valence-corrected chi connectivity index (χ0v) is 19.7. The summed E-state index contributed by atoms with van der Waals surface area (Å²) in [6, 6.07) is 17.1. The molecule has 1 fully saturated rings. The van der Waals surface area contributed by atoms with Crippen molar-refractivity contribution >= 4 is 33.1 Å². The van der Waals surface area contributed by atoms with E-state index >= 15 is 0 Å². The van der Waals surface area contributed by atoms with Gasteiger partial charge in [0.25, 0.3) is 15.9 Å².